The summed E-state index contributed by atoms with van der Waals surface area (Å²) in [4.78, 5) is 24.6. The molecular formula is C24H24N4O2S. The Balaban J connectivity index is 1.65. The molecule has 3 rings (SSSR count). The minimum Gasteiger partial charge on any atom is -0.356 e. The largest absolute Gasteiger partial charge is 0.356 e. The van der Waals surface area contributed by atoms with Crippen molar-refractivity contribution >= 4 is 51.9 Å². The highest BCUT2D eigenvalue weighted by Gasteiger charge is 2.14. The molecular weight excluding hydrogens is 408 g/mol. The fourth-order valence-corrected chi connectivity index (χ4v) is 2.93. The number of benzene rings is 3. The van der Waals surface area contributed by atoms with Gasteiger partial charge in [-0.1, -0.05) is 44.2 Å². The Hall–Kier alpha value is -3.71. The number of anilines is 4. The summed E-state index contributed by atoms with van der Waals surface area (Å²) in [6.45, 7) is 3.56. The summed E-state index contributed by atoms with van der Waals surface area (Å²) in [7, 11) is 0. The van der Waals surface area contributed by atoms with Gasteiger partial charge >= 0.3 is 0 Å². The van der Waals surface area contributed by atoms with E-state index in [1.54, 1.807) is 38.1 Å². The van der Waals surface area contributed by atoms with Crippen LogP contribution in [-0.2, 0) is 4.79 Å². The number of nitrogens with one attached hydrogen (secondary N) is 4. The maximum absolute atomic E-state index is 12.8. The van der Waals surface area contributed by atoms with Gasteiger partial charge in [0.15, 0.2) is 5.11 Å². The summed E-state index contributed by atoms with van der Waals surface area (Å²) < 4.78 is 0. The molecule has 0 fully saturated rings. The molecule has 2 amide bonds. The minimum absolute atomic E-state index is 0.148. The molecule has 3 aromatic rings. The molecule has 0 heterocycles. The van der Waals surface area contributed by atoms with Crippen LogP contribution in [0.1, 0.15) is 24.2 Å². The molecule has 0 aliphatic carbocycles. The molecule has 4 N–H and O–H groups in total. The molecule has 0 atom stereocenters. The van der Waals surface area contributed by atoms with Crippen molar-refractivity contribution in [2.24, 2.45) is 5.92 Å². The van der Waals surface area contributed by atoms with Crippen LogP contribution in [0.2, 0.25) is 0 Å². The van der Waals surface area contributed by atoms with Crippen molar-refractivity contribution in [1.82, 2.24) is 5.32 Å². The zero-order chi connectivity index (χ0) is 22.2. The smallest absolute Gasteiger partial charge is 0.257 e. The van der Waals surface area contributed by atoms with E-state index < -0.39 is 0 Å². The maximum Gasteiger partial charge on any atom is 0.257 e. The quantitative estimate of drug-likeness (QED) is 0.405. The van der Waals surface area contributed by atoms with Gasteiger partial charge in [-0.05, 0) is 60.7 Å². The molecule has 3 aromatic carbocycles. The number of rotatable bonds is 6. The van der Waals surface area contributed by atoms with Crippen molar-refractivity contribution in [2.45, 2.75) is 13.8 Å². The van der Waals surface area contributed by atoms with E-state index in [0.29, 0.717) is 16.9 Å². The van der Waals surface area contributed by atoms with Crippen molar-refractivity contribution in [3.8, 4) is 0 Å². The normalized spacial score (nSPS) is 10.3. The molecule has 6 nitrogen and oxygen atoms in total. The third-order valence-corrected chi connectivity index (χ3v) is 4.59. The summed E-state index contributed by atoms with van der Waals surface area (Å²) in [6, 6.07) is 24.3. The van der Waals surface area contributed by atoms with Crippen LogP contribution >= 0.6 is 12.2 Å². The monoisotopic (exact) mass is 432 g/mol. The Morgan fingerprint density at radius 1 is 0.742 bits per heavy atom. The van der Waals surface area contributed by atoms with E-state index in [1.807, 2.05) is 54.6 Å². The number of amides is 2. The van der Waals surface area contributed by atoms with Gasteiger partial charge in [-0.2, -0.15) is 0 Å². The minimum atomic E-state index is -0.287. The van der Waals surface area contributed by atoms with E-state index in [0.717, 1.165) is 11.4 Å². The van der Waals surface area contributed by atoms with Crippen LogP contribution < -0.4 is 21.3 Å². The summed E-state index contributed by atoms with van der Waals surface area (Å²) in [6.07, 6.45) is 0. The second kappa shape index (κ2) is 10.4. The molecule has 0 saturated heterocycles. The molecule has 0 aliphatic heterocycles. The molecule has 0 unspecified atom stereocenters. The Bertz CT molecular complexity index is 1070. The van der Waals surface area contributed by atoms with Crippen LogP contribution in [0.25, 0.3) is 0 Å². The Labute approximate surface area is 187 Å². The molecule has 158 valence electrons. The Morgan fingerprint density at radius 3 is 2.00 bits per heavy atom. The standard InChI is InChI=1S/C24H24N4O2S/c1-16(2)22(29)28-24(31)27-21-11-7-6-10-20(21)23(30)26-19-14-12-18(13-15-19)25-17-8-4-3-5-9-17/h3-16,25H,1-2H3,(H,26,30)(H2,27,28,29,31). The first-order chi connectivity index (χ1) is 14.9. The summed E-state index contributed by atoms with van der Waals surface area (Å²) in [5, 5.41) is 11.9. The van der Waals surface area contributed by atoms with Gasteiger partial charge in [0.25, 0.3) is 5.91 Å². The zero-order valence-electron chi connectivity index (χ0n) is 17.3. The molecule has 31 heavy (non-hydrogen) atoms. The molecule has 0 aromatic heterocycles. The predicted molar refractivity (Wildman–Crippen MR) is 130 cm³/mol. The first kappa shape index (κ1) is 22.0. The molecule has 0 bridgehead atoms. The number of carbonyl (C=O) groups excluding carboxylic acids is 2. The molecule has 7 heteroatoms. The fourth-order valence-electron chi connectivity index (χ4n) is 2.72. The average Bonchev–Trinajstić information content (AvgIpc) is 2.76. The van der Waals surface area contributed by atoms with Gasteiger partial charge in [-0.3, -0.25) is 9.59 Å². The van der Waals surface area contributed by atoms with Crippen LogP contribution in [0.3, 0.4) is 0 Å². The van der Waals surface area contributed by atoms with E-state index in [1.165, 1.54) is 0 Å². The highest BCUT2D eigenvalue weighted by molar-refractivity contribution is 7.80. The average molecular weight is 433 g/mol. The van der Waals surface area contributed by atoms with Crippen LogP contribution in [0.15, 0.2) is 78.9 Å². The summed E-state index contributed by atoms with van der Waals surface area (Å²) in [5.74, 6) is -0.675. The van der Waals surface area contributed by atoms with E-state index >= 15 is 0 Å². The van der Waals surface area contributed by atoms with Crippen molar-refractivity contribution in [3.05, 3.63) is 84.4 Å². The lowest BCUT2D eigenvalue weighted by Gasteiger charge is -2.14. The van der Waals surface area contributed by atoms with Gasteiger partial charge in [-0.25, -0.2) is 0 Å². The summed E-state index contributed by atoms with van der Waals surface area (Å²) in [5.41, 5.74) is 3.48. The molecule has 0 spiro atoms. The maximum atomic E-state index is 12.8. The van der Waals surface area contributed by atoms with Gasteiger partial charge in [0.05, 0.1) is 11.3 Å². The van der Waals surface area contributed by atoms with Gasteiger partial charge < -0.3 is 21.3 Å². The molecule has 0 aliphatic rings. The molecule has 0 saturated carbocycles. The second-order valence-corrected chi connectivity index (χ2v) is 7.57. The lowest BCUT2D eigenvalue weighted by Crippen LogP contribution is -2.37. The van der Waals surface area contributed by atoms with E-state index in [9.17, 15) is 9.59 Å². The second-order valence-electron chi connectivity index (χ2n) is 7.17. The van der Waals surface area contributed by atoms with Crippen LogP contribution in [0.4, 0.5) is 22.7 Å². The van der Waals surface area contributed by atoms with Gasteiger partial charge in [-0.15, -0.1) is 0 Å². The highest BCUT2D eigenvalue weighted by atomic mass is 32.1. The van der Waals surface area contributed by atoms with E-state index in [-0.39, 0.29) is 22.8 Å². The number of thiocarbonyl (C=S) groups is 1. The fraction of sp³-hybridized carbons (Fsp3) is 0.125. The Morgan fingerprint density at radius 2 is 1.32 bits per heavy atom. The number of hydrogen-bond donors (Lipinski definition) is 4. The van der Waals surface area contributed by atoms with Crippen molar-refractivity contribution in [1.29, 1.82) is 0 Å². The van der Waals surface area contributed by atoms with Crippen LogP contribution in [0, 0.1) is 5.92 Å². The van der Waals surface area contributed by atoms with Gasteiger partial charge in [0.2, 0.25) is 5.91 Å². The molecule has 0 radical (unpaired) electrons. The Kier molecular flexibility index (Phi) is 7.35. The summed E-state index contributed by atoms with van der Waals surface area (Å²) >= 11 is 5.19. The van der Waals surface area contributed by atoms with Gasteiger partial charge in [0.1, 0.15) is 0 Å². The van der Waals surface area contributed by atoms with Crippen LogP contribution in [0.5, 0.6) is 0 Å². The van der Waals surface area contributed by atoms with Crippen LogP contribution in [-0.4, -0.2) is 16.9 Å². The topological polar surface area (TPSA) is 82.3 Å². The van der Waals surface area contributed by atoms with E-state index in [2.05, 4.69) is 21.3 Å². The first-order valence-corrected chi connectivity index (χ1v) is 10.3. The number of hydrogen-bond acceptors (Lipinski definition) is 4. The van der Waals surface area contributed by atoms with Crippen molar-refractivity contribution < 1.29 is 9.59 Å². The third kappa shape index (κ3) is 6.38. The number of carbonyl (C=O) groups is 2. The lowest BCUT2D eigenvalue weighted by molar-refractivity contribution is -0.122. The van der Waals surface area contributed by atoms with Crippen molar-refractivity contribution in [3.63, 3.8) is 0 Å². The van der Waals surface area contributed by atoms with Crippen molar-refractivity contribution in [2.75, 3.05) is 16.0 Å². The first-order valence-electron chi connectivity index (χ1n) is 9.87. The number of para-hydroxylation sites is 2. The zero-order valence-corrected chi connectivity index (χ0v) is 18.1. The third-order valence-electron chi connectivity index (χ3n) is 4.39. The van der Waals surface area contributed by atoms with E-state index in [4.69, 9.17) is 12.2 Å². The SMILES string of the molecule is CC(C)C(=O)NC(=S)Nc1ccccc1C(=O)Nc1ccc(Nc2ccccc2)cc1. The highest BCUT2D eigenvalue weighted by Crippen LogP contribution is 2.21. The predicted octanol–water partition coefficient (Wildman–Crippen LogP) is 5.15. The lowest BCUT2D eigenvalue weighted by atomic mass is 10.1. The van der Waals surface area contributed by atoms with Gasteiger partial charge in [0, 0.05) is 23.0 Å².